The molecule has 0 aliphatic carbocycles. The number of para-hydroxylation sites is 2. The highest BCUT2D eigenvalue weighted by molar-refractivity contribution is 6.31. The minimum Gasteiger partial charge on any atom is -0.345 e. The molecule has 0 fully saturated rings. The summed E-state index contributed by atoms with van der Waals surface area (Å²) in [6.45, 7) is 3.73. The number of halogens is 1. The van der Waals surface area contributed by atoms with Crippen LogP contribution in [0.3, 0.4) is 0 Å². The molecule has 0 saturated heterocycles. The number of carbonyl (C=O) groups excluding carboxylic acids is 1. The van der Waals surface area contributed by atoms with E-state index < -0.39 is 0 Å². The average Bonchev–Trinajstić information content (AvgIpc) is 3.32. The van der Waals surface area contributed by atoms with Gasteiger partial charge in [0.2, 0.25) is 0 Å². The highest BCUT2D eigenvalue weighted by Gasteiger charge is 2.13. The molecule has 0 radical (unpaired) electrons. The zero-order valence-corrected chi connectivity index (χ0v) is 16.2. The number of rotatable bonds is 6. The van der Waals surface area contributed by atoms with Gasteiger partial charge in [-0.15, -0.1) is 0 Å². The Morgan fingerprint density at radius 2 is 1.93 bits per heavy atom. The first-order chi connectivity index (χ1) is 13.7. The number of nitrogens with zero attached hydrogens (tertiary/aromatic N) is 4. The van der Waals surface area contributed by atoms with E-state index in [0.717, 1.165) is 29.0 Å². The second-order valence-electron chi connectivity index (χ2n) is 6.46. The largest absolute Gasteiger partial charge is 0.345 e. The molecule has 4 rings (SSSR count). The number of amides is 1. The average molecular weight is 394 g/mol. The molecule has 1 N–H and O–H groups in total. The number of hydrogen-bond donors (Lipinski definition) is 1. The quantitative estimate of drug-likeness (QED) is 0.540. The fraction of sp³-hybridized carbons (Fsp3) is 0.190. The van der Waals surface area contributed by atoms with Crippen LogP contribution >= 0.6 is 11.6 Å². The third-order valence-electron chi connectivity index (χ3n) is 4.64. The van der Waals surface area contributed by atoms with Crippen molar-refractivity contribution in [2.24, 2.45) is 0 Å². The van der Waals surface area contributed by atoms with E-state index in [1.165, 1.54) is 0 Å². The number of nitrogens with one attached hydrogen (secondary N) is 1. The Hall–Kier alpha value is -3.12. The van der Waals surface area contributed by atoms with Crippen LogP contribution in [0.15, 0.2) is 60.9 Å². The molecule has 1 amide bonds. The van der Waals surface area contributed by atoms with Gasteiger partial charge >= 0.3 is 0 Å². The summed E-state index contributed by atoms with van der Waals surface area (Å²) in [5, 5.41) is 7.89. The second kappa shape index (κ2) is 7.86. The first-order valence-corrected chi connectivity index (χ1v) is 9.51. The van der Waals surface area contributed by atoms with Gasteiger partial charge in [-0.2, -0.15) is 5.10 Å². The zero-order valence-electron chi connectivity index (χ0n) is 15.5. The van der Waals surface area contributed by atoms with Gasteiger partial charge in [-0.05, 0) is 30.7 Å². The van der Waals surface area contributed by atoms with Gasteiger partial charge in [0.25, 0.3) is 5.91 Å². The molecule has 0 aliphatic rings. The fourth-order valence-electron chi connectivity index (χ4n) is 3.24. The van der Waals surface area contributed by atoms with Crippen molar-refractivity contribution in [3.05, 3.63) is 82.9 Å². The van der Waals surface area contributed by atoms with E-state index in [-0.39, 0.29) is 5.91 Å². The maximum absolute atomic E-state index is 12.5. The molecule has 28 heavy (non-hydrogen) atoms. The van der Waals surface area contributed by atoms with Gasteiger partial charge in [0.05, 0.1) is 35.9 Å². The van der Waals surface area contributed by atoms with E-state index >= 15 is 0 Å². The van der Waals surface area contributed by atoms with Gasteiger partial charge in [0, 0.05) is 17.8 Å². The van der Waals surface area contributed by atoms with Gasteiger partial charge in [0.1, 0.15) is 5.82 Å². The van der Waals surface area contributed by atoms with Crippen LogP contribution in [-0.4, -0.2) is 25.2 Å². The van der Waals surface area contributed by atoms with E-state index in [1.807, 2.05) is 48.5 Å². The predicted octanol–water partition coefficient (Wildman–Crippen LogP) is 3.88. The smallest absolute Gasteiger partial charge is 0.254 e. The molecule has 0 unspecified atom stereocenters. The summed E-state index contributed by atoms with van der Waals surface area (Å²) in [6.07, 6.45) is 3.29. The fourth-order valence-corrected chi connectivity index (χ4v) is 3.44. The SMILES string of the molecule is CCn1c(CNC(=O)c2cnn(Cc3ccccc3Cl)c2)nc2ccccc21. The predicted molar refractivity (Wildman–Crippen MR) is 109 cm³/mol. The number of imidazole rings is 1. The molecule has 142 valence electrons. The summed E-state index contributed by atoms with van der Waals surface area (Å²) in [7, 11) is 0. The first kappa shape index (κ1) is 18.3. The molecule has 2 aromatic heterocycles. The van der Waals surface area contributed by atoms with E-state index in [0.29, 0.717) is 23.7 Å². The molecule has 6 nitrogen and oxygen atoms in total. The third-order valence-corrected chi connectivity index (χ3v) is 5.01. The standard InChI is InChI=1S/C21H20ClN5O/c1-2-27-19-10-6-5-9-18(19)25-20(27)12-23-21(28)16-11-24-26(14-16)13-15-7-3-4-8-17(15)22/h3-11,14H,2,12-13H2,1H3,(H,23,28). The topological polar surface area (TPSA) is 64.7 Å². The van der Waals surface area contributed by atoms with E-state index in [4.69, 9.17) is 11.6 Å². The monoisotopic (exact) mass is 393 g/mol. The Morgan fingerprint density at radius 1 is 1.14 bits per heavy atom. The van der Waals surface area contributed by atoms with E-state index in [1.54, 1.807) is 17.1 Å². The number of carbonyl (C=O) groups is 1. The maximum atomic E-state index is 12.5. The molecule has 7 heteroatoms. The van der Waals surface area contributed by atoms with E-state index in [9.17, 15) is 4.79 Å². The van der Waals surface area contributed by atoms with Crippen molar-refractivity contribution in [3.8, 4) is 0 Å². The second-order valence-corrected chi connectivity index (χ2v) is 6.87. The lowest BCUT2D eigenvalue weighted by atomic mass is 10.2. The highest BCUT2D eigenvalue weighted by atomic mass is 35.5. The number of hydrogen-bond acceptors (Lipinski definition) is 3. The lowest BCUT2D eigenvalue weighted by molar-refractivity contribution is 0.0949. The summed E-state index contributed by atoms with van der Waals surface area (Å²) in [6, 6.07) is 15.6. The van der Waals surface area contributed by atoms with Crippen LogP contribution in [-0.2, 0) is 19.6 Å². The Morgan fingerprint density at radius 3 is 2.75 bits per heavy atom. The van der Waals surface area contributed by atoms with Gasteiger partial charge < -0.3 is 9.88 Å². The Balaban J connectivity index is 1.45. The molecular formula is C21H20ClN5O. The molecule has 2 heterocycles. The molecule has 0 atom stereocenters. The maximum Gasteiger partial charge on any atom is 0.254 e. The Labute approximate surface area is 167 Å². The van der Waals surface area contributed by atoms with Crippen LogP contribution < -0.4 is 5.32 Å². The summed E-state index contributed by atoms with van der Waals surface area (Å²) in [5.41, 5.74) is 3.46. The zero-order chi connectivity index (χ0) is 19.5. The molecular weight excluding hydrogens is 374 g/mol. The summed E-state index contributed by atoms with van der Waals surface area (Å²) in [4.78, 5) is 17.2. The van der Waals surface area contributed by atoms with Gasteiger partial charge in [0.15, 0.2) is 0 Å². The number of benzene rings is 2. The van der Waals surface area contributed by atoms with Gasteiger partial charge in [-0.25, -0.2) is 4.98 Å². The normalized spacial score (nSPS) is 11.1. The van der Waals surface area contributed by atoms with Crippen LogP contribution in [0.4, 0.5) is 0 Å². The summed E-state index contributed by atoms with van der Waals surface area (Å²) < 4.78 is 3.81. The molecule has 0 aliphatic heterocycles. The van der Waals surface area contributed by atoms with Crippen LogP contribution in [0.1, 0.15) is 28.7 Å². The summed E-state index contributed by atoms with van der Waals surface area (Å²) >= 11 is 6.19. The number of aromatic nitrogens is 4. The van der Waals surface area contributed by atoms with Gasteiger partial charge in [-0.3, -0.25) is 9.48 Å². The van der Waals surface area contributed by atoms with Crippen molar-refractivity contribution in [2.45, 2.75) is 26.6 Å². The van der Waals surface area contributed by atoms with Crippen molar-refractivity contribution < 1.29 is 4.79 Å². The van der Waals surface area contributed by atoms with Crippen molar-refractivity contribution in [1.29, 1.82) is 0 Å². The van der Waals surface area contributed by atoms with Crippen LogP contribution in [0.5, 0.6) is 0 Å². The molecule has 2 aromatic carbocycles. The number of fused-ring (bicyclic) bond motifs is 1. The van der Waals surface area contributed by atoms with Crippen LogP contribution in [0, 0.1) is 0 Å². The summed E-state index contributed by atoms with van der Waals surface area (Å²) in [5.74, 6) is 0.653. The molecule has 0 saturated carbocycles. The Bertz CT molecular complexity index is 1130. The van der Waals surface area contributed by atoms with Crippen molar-refractivity contribution in [3.63, 3.8) is 0 Å². The first-order valence-electron chi connectivity index (χ1n) is 9.14. The molecule has 4 aromatic rings. The van der Waals surface area contributed by atoms with Crippen LogP contribution in [0.25, 0.3) is 11.0 Å². The molecule has 0 bridgehead atoms. The van der Waals surface area contributed by atoms with E-state index in [2.05, 4.69) is 26.9 Å². The minimum atomic E-state index is -0.180. The van der Waals surface area contributed by atoms with Crippen molar-refractivity contribution in [1.82, 2.24) is 24.6 Å². The highest BCUT2D eigenvalue weighted by Crippen LogP contribution is 2.17. The van der Waals surface area contributed by atoms with Crippen molar-refractivity contribution in [2.75, 3.05) is 0 Å². The third kappa shape index (κ3) is 3.64. The van der Waals surface area contributed by atoms with Gasteiger partial charge in [-0.1, -0.05) is 41.9 Å². The Kier molecular flexibility index (Phi) is 5.12. The molecule has 0 spiro atoms. The number of aryl methyl sites for hydroxylation is 1. The minimum absolute atomic E-state index is 0.180. The lowest BCUT2D eigenvalue weighted by Crippen LogP contribution is -2.24. The van der Waals surface area contributed by atoms with Crippen LogP contribution in [0.2, 0.25) is 5.02 Å². The lowest BCUT2D eigenvalue weighted by Gasteiger charge is -2.07. The van der Waals surface area contributed by atoms with Crippen molar-refractivity contribution >= 4 is 28.5 Å².